The summed E-state index contributed by atoms with van der Waals surface area (Å²) in [5.41, 5.74) is 2.44. The van der Waals surface area contributed by atoms with Crippen molar-refractivity contribution >= 4 is 22.8 Å². The van der Waals surface area contributed by atoms with Crippen LogP contribution in [0.4, 0.5) is 5.82 Å². The van der Waals surface area contributed by atoms with Gasteiger partial charge in [-0.3, -0.25) is 9.36 Å². The topological polar surface area (TPSA) is 73.2 Å². The van der Waals surface area contributed by atoms with Gasteiger partial charge in [-0.2, -0.15) is 0 Å². The Morgan fingerprint density at radius 3 is 2.62 bits per heavy atom. The first-order chi connectivity index (χ1) is 15.5. The number of carbonyl (C=O) groups is 1. The van der Waals surface area contributed by atoms with Gasteiger partial charge in [0.2, 0.25) is 0 Å². The summed E-state index contributed by atoms with van der Waals surface area (Å²) in [6, 6.07) is 12.6. The number of allylic oxidation sites excluding steroid dienone is 3. The highest BCUT2D eigenvalue weighted by Crippen LogP contribution is 2.25. The number of hydrogen-bond donors (Lipinski definition) is 1. The molecule has 0 saturated carbocycles. The number of unbranched alkanes of at least 4 members (excludes halogenated alkanes) is 1. The molecular weight excluding hydrogens is 402 g/mol. The third kappa shape index (κ3) is 4.86. The first kappa shape index (κ1) is 22.7. The van der Waals surface area contributed by atoms with Crippen LogP contribution in [-0.4, -0.2) is 22.1 Å². The fraction of sp³-hybridized carbons (Fsp3) is 0.192. The minimum Gasteiger partial charge on any atom is -0.461 e. The van der Waals surface area contributed by atoms with Crippen molar-refractivity contribution in [3.05, 3.63) is 101 Å². The van der Waals surface area contributed by atoms with E-state index in [1.54, 1.807) is 31.2 Å². The molecule has 3 rings (SSSR count). The van der Waals surface area contributed by atoms with Gasteiger partial charge in [0.15, 0.2) is 16.8 Å². The van der Waals surface area contributed by atoms with Crippen molar-refractivity contribution in [2.45, 2.75) is 26.7 Å². The SMILES string of the molecule is C=C/C=C(\C=C)Nc1cc(=O)c2c(C)cc(C(=O)OCCCC)nc2n1-c1ccccc1. The Morgan fingerprint density at radius 2 is 1.97 bits per heavy atom. The van der Waals surface area contributed by atoms with Crippen molar-refractivity contribution in [3.63, 3.8) is 0 Å². The average molecular weight is 430 g/mol. The predicted molar refractivity (Wildman–Crippen MR) is 129 cm³/mol. The number of benzene rings is 1. The Hall–Kier alpha value is -3.93. The Bertz CT molecular complexity index is 1240. The van der Waals surface area contributed by atoms with E-state index in [1.807, 2.05) is 41.8 Å². The van der Waals surface area contributed by atoms with Gasteiger partial charge in [0.25, 0.3) is 0 Å². The normalized spacial score (nSPS) is 11.2. The third-order valence-corrected chi connectivity index (χ3v) is 4.91. The second-order valence-corrected chi connectivity index (χ2v) is 7.26. The van der Waals surface area contributed by atoms with Crippen LogP contribution in [0, 0.1) is 6.92 Å². The van der Waals surface area contributed by atoms with Crippen LogP contribution in [0.5, 0.6) is 0 Å². The molecule has 0 atom stereocenters. The molecule has 0 bridgehead atoms. The van der Waals surface area contributed by atoms with Crippen LogP contribution in [0.25, 0.3) is 16.7 Å². The van der Waals surface area contributed by atoms with Gasteiger partial charge in [-0.1, -0.05) is 50.8 Å². The fourth-order valence-electron chi connectivity index (χ4n) is 3.35. The van der Waals surface area contributed by atoms with E-state index in [9.17, 15) is 9.59 Å². The molecule has 0 aliphatic rings. The lowest BCUT2D eigenvalue weighted by Gasteiger charge is -2.19. The number of carbonyl (C=O) groups excluding carboxylic acids is 1. The van der Waals surface area contributed by atoms with E-state index in [1.165, 1.54) is 6.07 Å². The molecule has 0 aliphatic heterocycles. The molecular formula is C26H27N3O3. The maximum absolute atomic E-state index is 13.0. The minimum atomic E-state index is -0.507. The fourth-order valence-corrected chi connectivity index (χ4v) is 3.35. The standard InChI is InChI=1S/C26H27N3O3/c1-5-8-15-32-26(31)21-16-18(4)24-22(30)17-23(27-19(7-3)12-6-2)29(25(24)28-21)20-13-10-9-11-14-20/h6-7,9-14,16-17,27H,2-3,5,8,15H2,1,4H3/b19-12+. The molecule has 3 aromatic rings. The Balaban J connectivity index is 2.29. The van der Waals surface area contributed by atoms with Gasteiger partial charge in [0.1, 0.15) is 5.82 Å². The molecule has 0 aliphatic carbocycles. The molecule has 164 valence electrons. The monoisotopic (exact) mass is 429 g/mol. The lowest BCUT2D eigenvalue weighted by Crippen LogP contribution is -2.18. The van der Waals surface area contributed by atoms with Crippen LogP contribution in [0.1, 0.15) is 35.8 Å². The molecule has 0 fully saturated rings. The van der Waals surface area contributed by atoms with Gasteiger partial charge in [0.05, 0.1) is 12.0 Å². The zero-order chi connectivity index (χ0) is 23.1. The summed E-state index contributed by atoms with van der Waals surface area (Å²) >= 11 is 0. The number of nitrogens with one attached hydrogen (secondary N) is 1. The lowest BCUT2D eigenvalue weighted by molar-refractivity contribution is 0.0493. The summed E-state index contributed by atoms with van der Waals surface area (Å²) in [7, 11) is 0. The molecule has 2 aromatic heterocycles. The van der Waals surface area contributed by atoms with Crippen LogP contribution < -0.4 is 10.7 Å². The number of hydrogen-bond acceptors (Lipinski definition) is 5. The number of fused-ring (bicyclic) bond motifs is 1. The van der Waals surface area contributed by atoms with Crippen LogP contribution in [-0.2, 0) is 4.74 Å². The van der Waals surface area contributed by atoms with E-state index in [2.05, 4.69) is 23.5 Å². The van der Waals surface area contributed by atoms with Crippen LogP contribution in [0.15, 0.2) is 84.3 Å². The smallest absolute Gasteiger partial charge is 0.357 e. The van der Waals surface area contributed by atoms with Gasteiger partial charge >= 0.3 is 5.97 Å². The van der Waals surface area contributed by atoms with E-state index >= 15 is 0 Å². The Morgan fingerprint density at radius 1 is 1.22 bits per heavy atom. The molecule has 1 aromatic carbocycles. The number of rotatable bonds is 9. The van der Waals surface area contributed by atoms with Crippen molar-refractivity contribution < 1.29 is 9.53 Å². The number of esters is 1. The maximum atomic E-state index is 13.0. The van der Waals surface area contributed by atoms with E-state index in [-0.39, 0.29) is 11.1 Å². The minimum absolute atomic E-state index is 0.165. The zero-order valence-corrected chi connectivity index (χ0v) is 18.4. The van der Waals surface area contributed by atoms with Gasteiger partial charge in [-0.05, 0) is 49.3 Å². The summed E-state index contributed by atoms with van der Waals surface area (Å²) in [5, 5.41) is 3.66. The van der Waals surface area contributed by atoms with Crippen molar-refractivity contribution in [2.24, 2.45) is 0 Å². The number of anilines is 1. The van der Waals surface area contributed by atoms with Crippen LogP contribution >= 0.6 is 0 Å². The van der Waals surface area contributed by atoms with Gasteiger partial charge < -0.3 is 10.1 Å². The summed E-state index contributed by atoms with van der Waals surface area (Å²) in [4.78, 5) is 30.2. The zero-order valence-electron chi connectivity index (χ0n) is 18.4. The predicted octanol–water partition coefficient (Wildman–Crippen LogP) is 5.32. The first-order valence-corrected chi connectivity index (χ1v) is 10.5. The quantitative estimate of drug-likeness (QED) is 0.283. The summed E-state index contributed by atoms with van der Waals surface area (Å²) < 4.78 is 7.17. The van der Waals surface area contributed by atoms with Crippen molar-refractivity contribution in [2.75, 3.05) is 11.9 Å². The highest BCUT2D eigenvalue weighted by Gasteiger charge is 2.18. The molecule has 0 saturated heterocycles. The van der Waals surface area contributed by atoms with Crippen molar-refractivity contribution in [1.82, 2.24) is 9.55 Å². The second-order valence-electron chi connectivity index (χ2n) is 7.26. The maximum Gasteiger partial charge on any atom is 0.357 e. The number of para-hydroxylation sites is 1. The molecule has 2 heterocycles. The Kier molecular flexibility index (Phi) is 7.39. The number of pyridine rings is 2. The highest BCUT2D eigenvalue weighted by molar-refractivity contribution is 5.92. The summed E-state index contributed by atoms with van der Waals surface area (Å²) in [6.45, 7) is 11.7. The Labute approximate surface area is 187 Å². The van der Waals surface area contributed by atoms with Crippen LogP contribution in [0.2, 0.25) is 0 Å². The third-order valence-electron chi connectivity index (χ3n) is 4.91. The van der Waals surface area contributed by atoms with Crippen molar-refractivity contribution in [3.8, 4) is 5.69 Å². The lowest BCUT2D eigenvalue weighted by atomic mass is 10.1. The summed E-state index contributed by atoms with van der Waals surface area (Å²) in [6.07, 6.45) is 6.71. The van der Waals surface area contributed by atoms with E-state index in [4.69, 9.17) is 4.74 Å². The van der Waals surface area contributed by atoms with E-state index in [0.29, 0.717) is 34.7 Å². The molecule has 1 N–H and O–H groups in total. The van der Waals surface area contributed by atoms with Gasteiger partial charge in [0, 0.05) is 17.5 Å². The molecule has 0 spiro atoms. The largest absolute Gasteiger partial charge is 0.461 e. The highest BCUT2D eigenvalue weighted by atomic mass is 16.5. The number of nitrogens with zero attached hydrogens (tertiary/aromatic N) is 2. The van der Waals surface area contributed by atoms with Gasteiger partial charge in [-0.25, -0.2) is 9.78 Å². The van der Waals surface area contributed by atoms with Crippen LogP contribution in [0.3, 0.4) is 0 Å². The molecule has 0 unspecified atom stereocenters. The number of aryl methyl sites for hydroxylation is 1. The molecule has 6 nitrogen and oxygen atoms in total. The summed E-state index contributed by atoms with van der Waals surface area (Å²) in [5.74, 6) is -0.0164. The second kappa shape index (κ2) is 10.4. The average Bonchev–Trinajstić information content (AvgIpc) is 2.79. The first-order valence-electron chi connectivity index (χ1n) is 10.5. The molecule has 0 radical (unpaired) electrons. The van der Waals surface area contributed by atoms with E-state index in [0.717, 1.165) is 18.5 Å². The van der Waals surface area contributed by atoms with Gasteiger partial charge in [-0.15, -0.1) is 0 Å². The molecule has 6 heteroatoms. The number of ether oxygens (including phenoxy) is 1. The molecule has 0 amide bonds. The number of aromatic nitrogens is 2. The van der Waals surface area contributed by atoms with E-state index < -0.39 is 5.97 Å². The molecule has 32 heavy (non-hydrogen) atoms. The van der Waals surface area contributed by atoms with Crippen molar-refractivity contribution in [1.29, 1.82) is 0 Å².